The van der Waals surface area contributed by atoms with E-state index in [9.17, 15) is 4.57 Å². The predicted molar refractivity (Wildman–Crippen MR) is 44.6 cm³/mol. The van der Waals surface area contributed by atoms with E-state index < -0.39 is 7.82 Å². The van der Waals surface area contributed by atoms with Crippen molar-refractivity contribution in [3.63, 3.8) is 0 Å². The summed E-state index contributed by atoms with van der Waals surface area (Å²) in [6.07, 6.45) is 0. The van der Waals surface area contributed by atoms with Crippen LogP contribution in [0.3, 0.4) is 0 Å². The zero-order chi connectivity index (χ0) is 5.21. The summed E-state index contributed by atoms with van der Waals surface area (Å²) in [6, 6.07) is 0. The van der Waals surface area contributed by atoms with Crippen molar-refractivity contribution >= 4 is 152 Å². The second-order valence-corrected chi connectivity index (χ2v) is 2.09. The molecule has 0 aromatic heterocycles. The zero-order valence-corrected chi connectivity index (χ0v) is 4.19. The average molecular weight is 404 g/mol. The molecule has 0 radical (unpaired) electrons. The van der Waals surface area contributed by atoms with Crippen LogP contribution in [0.5, 0.6) is 0 Å². The van der Waals surface area contributed by atoms with Crippen molar-refractivity contribution in [2.45, 2.75) is 0 Å². The SMILES string of the molecule is O=P(O)(O)OCl.[BaH2].[CaH2].[SrH2]. The Morgan fingerprint density at radius 1 is 1.44 bits per heavy atom. The van der Waals surface area contributed by atoms with Gasteiger partial charge in [-0.25, -0.2) is 4.57 Å². The van der Waals surface area contributed by atoms with Gasteiger partial charge in [0.2, 0.25) is 0 Å². The molecule has 0 aliphatic heterocycles. The fourth-order valence-corrected chi connectivity index (χ4v) is 0. The molecule has 0 saturated carbocycles. The molecule has 4 nitrogen and oxygen atoms in total. The van der Waals surface area contributed by atoms with Gasteiger partial charge in [0, 0.05) is 0 Å². The van der Waals surface area contributed by atoms with E-state index >= 15 is 0 Å². The first-order valence-corrected chi connectivity index (χ1v) is 2.76. The van der Waals surface area contributed by atoms with Crippen LogP contribution in [0.2, 0.25) is 0 Å². The van der Waals surface area contributed by atoms with Crippen LogP contribution in [0.15, 0.2) is 0 Å². The van der Waals surface area contributed by atoms with Crippen LogP contribution in [-0.2, 0) is 8.64 Å². The average Bonchev–Trinajstić information content (AvgIpc) is 1.35. The van der Waals surface area contributed by atoms with Gasteiger partial charge < -0.3 is 9.79 Å². The minimum absolute atomic E-state index is 0. The normalized spacial score (nSPS) is 7.89. The van der Waals surface area contributed by atoms with Crippen molar-refractivity contribution < 1.29 is 18.4 Å². The van der Waals surface area contributed by atoms with Crippen molar-refractivity contribution in [1.29, 1.82) is 0 Å². The van der Waals surface area contributed by atoms with E-state index in [1.165, 1.54) is 0 Å². The van der Waals surface area contributed by atoms with Gasteiger partial charge in [0.1, 0.15) is 0 Å². The third-order valence-electron chi connectivity index (χ3n) is 0.0899. The van der Waals surface area contributed by atoms with E-state index in [2.05, 4.69) is 15.9 Å². The summed E-state index contributed by atoms with van der Waals surface area (Å²) in [5.74, 6) is 0. The maximum absolute atomic E-state index is 9.34. The first-order valence-electron chi connectivity index (χ1n) is 0.919. The van der Waals surface area contributed by atoms with E-state index in [0.717, 1.165) is 0 Å². The van der Waals surface area contributed by atoms with Crippen LogP contribution >= 0.6 is 19.7 Å². The minimum atomic E-state index is -4.38. The Morgan fingerprint density at radius 3 is 1.56 bits per heavy atom. The summed E-state index contributed by atoms with van der Waals surface area (Å²) < 4.78 is 12.4. The predicted octanol–water partition coefficient (Wildman–Crippen LogP) is -2.50. The molecule has 0 aromatic carbocycles. The Kier molecular flexibility index (Phi) is 33.2. The van der Waals surface area contributed by atoms with Gasteiger partial charge in [-0.2, -0.15) is 4.08 Å². The molecule has 0 amide bonds. The van der Waals surface area contributed by atoms with Gasteiger partial charge in [0.15, 0.2) is 0 Å². The van der Waals surface area contributed by atoms with Gasteiger partial charge in [-0.3, -0.25) is 0 Å². The summed E-state index contributed by atoms with van der Waals surface area (Å²) in [7, 11) is -4.38. The van der Waals surface area contributed by atoms with E-state index in [-0.39, 0.29) is 132 Å². The molecular weight excluding hydrogens is 395 g/mol. The summed E-state index contributed by atoms with van der Waals surface area (Å²) in [5, 5.41) is 0. The first kappa shape index (κ1) is 23.5. The molecule has 0 saturated heterocycles. The van der Waals surface area contributed by atoms with Crippen LogP contribution in [0.4, 0.5) is 0 Å². The van der Waals surface area contributed by atoms with Crippen LogP contribution in [0.25, 0.3) is 0 Å². The van der Waals surface area contributed by atoms with Crippen molar-refractivity contribution in [3.05, 3.63) is 0 Å². The maximum atomic E-state index is 9.34. The number of halogens is 1. The molecule has 9 heavy (non-hydrogen) atoms. The second-order valence-electron chi connectivity index (χ2n) is 0.560. The monoisotopic (exact) mass is 404 g/mol. The third-order valence-corrected chi connectivity index (χ3v) is 0.809. The number of rotatable bonds is 1. The van der Waals surface area contributed by atoms with Crippen LogP contribution in [0.1, 0.15) is 0 Å². The Hall–Kier alpha value is 4.71. The molecule has 0 atom stereocenters. The first-order chi connectivity index (χ1) is 2.56. The summed E-state index contributed by atoms with van der Waals surface area (Å²) in [4.78, 5) is 15.2. The summed E-state index contributed by atoms with van der Waals surface area (Å²) in [6.45, 7) is 0. The molecule has 0 unspecified atom stereocenters. The van der Waals surface area contributed by atoms with Gasteiger partial charge in [-0.1, -0.05) is 0 Å². The molecule has 0 heterocycles. The molecule has 50 valence electrons. The Labute approximate surface area is 165 Å². The van der Waals surface area contributed by atoms with Crippen LogP contribution in [0, 0.1) is 0 Å². The molecule has 0 aliphatic rings. The fraction of sp³-hybridized carbons (Fsp3) is 0. The molecule has 0 aliphatic carbocycles. The van der Waals surface area contributed by atoms with Crippen LogP contribution in [-0.4, -0.2) is 142 Å². The van der Waals surface area contributed by atoms with Crippen molar-refractivity contribution in [3.8, 4) is 0 Å². The number of hydrogen-bond acceptors (Lipinski definition) is 2. The second kappa shape index (κ2) is 12.7. The molecule has 0 rings (SSSR count). The third kappa shape index (κ3) is 24.5. The van der Waals surface area contributed by atoms with Gasteiger partial charge in [-0.15, -0.1) is 0 Å². The fourth-order valence-electron chi connectivity index (χ4n) is 0. The molecule has 0 bridgehead atoms. The molecule has 0 aromatic rings. The number of hydrogen-bond donors (Lipinski definition) is 2. The van der Waals surface area contributed by atoms with E-state index in [1.54, 1.807) is 0 Å². The molecule has 2 N–H and O–H groups in total. The summed E-state index contributed by atoms with van der Waals surface area (Å²) in [5.41, 5.74) is 0. The van der Waals surface area contributed by atoms with Crippen molar-refractivity contribution in [1.82, 2.24) is 0 Å². The van der Waals surface area contributed by atoms with Gasteiger partial charge in [0.25, 0.3) is 0 Å². The Bertz CT molecular complexity index is 84.6. The van der Waals surface area contributed by atoms with Crippen molar-refractivity contribution in [2.24, 2.45) is 0 Å². The van der Waals surface area contributed by atoms with E-state index in [4.69, 9.17) is 9.79 Å². The zero-order valence-electron chi connectivity index (χ0n) is 2.54. The molecule has 9 heteroatoms. The van der Waals surface area contributed by atoms with Gasteiger partial charge in [-0.05, 0) is 0 Å². The molecular formula is H8BaCaClO4PSr. The quantitative estimate of drug-likeness (QED) is 0.375. The van der Waals surface area contributed by atoms with Gasteiger partial charge >= 0.3 is 140 Å². The van der Waals surface area contributed by atoms with E-state index in [1.807, 2.05) is 0 Å². The number of phosphoric acid groups is 1. The van der Waals surface area contributed by atoms with E-state index in [0.29, 0.717) is 0 Å². The summed E-state index contributed by atoms with van der Waals surface area (Å²) >= 11 is 4.21. The standard InChI is InChI=1S/Ba.Ca.ClH2O4P.Sr.6H/c;;1-5-6(2,3)4;;;;;;;/h;;(H2,2,3,4);;;;;;;. The van der Waals surface area contributed by atoms with Gasteiger partial charge in [0.05, 0.1) is 11.9 Å². The topological polar surface area (TPSA) is 66.8 Å². The Morgan fingerprint density at radius 2 is 1.56 bits per heavy atom. The Balaban J connectivity index is -0.0000000417. The molecule has 0 spiro atoms. The van der Waals surface area contributed by atoms with Crippen molar-refractivity contribution in [2.75, 3.05) is 0 Å². The van der Waals surface area contributed by atoms with Crippen LogP contribution < -0.4 is 0 Å². The molecule has 0 fully saturated rings.